The monoisotopic (exact) mass is 690 g/mol. The van der Waals surface area contributed by atoms with Gasteiger partial charge in [0.2, 0.25) is 11.8 Å². The zero-order chi connectivity index (χ0) is 35.9. The first-order chi connectivity index (χ1) is 24.1. The standard InChI is InChI=1S/C36H46N6O8/c1-41(21-31(44)35(48)36(49)32(45)22-43)34(47)16-25-8-11-27(12-9-25)40-33(46)24-50-23-26-10-13-30(39-17-26)20-42(18-28-6-2-4-14-37-28)19-29-7-3-5-15-38-29/h2-15,17,28,31-32,35-37,43-45,48-49H,16,18-24H2,1H3,(H,40,46)/t28?,31-,32+,35+,36+/m0/s1. The van der Waals surface area contributed by atoms with Crippen LogP contribution >= 0.6 is 0 Å². The minimum atomic E-state index is -1.77. The number of dihydropyridines is 1. The van der Waals surface area contributed by atoms with Crippen molar-refractivity contribution >= 4 is 17.5 Å². The maximum Gasteiger partial charge on any atom is 0.250 e. The number of ether oxygens (including phenoxy) is 1. The van der Waals surface area contributed by atoms with E-state index < -0.39 is 31.0 Å². The zero-order valence-electron chi connectivity index (χ0n) is 28.0. The summed E-state index contributed by atoms with van der Waals surface area (Å²) in [6.45, 7) is 1.04. The summed E-state index contributed by atoms with van der Waals surface area (Å²) in [5.74, 6) is -0.709. The molecule has 4 rings (SSSR count). The van der Waals surface area contributed by atoms with Crippen molar-refractivity contribution in [3.05, 3.63) is 114 Å². The molecule has 3 heterocycles. The Morgan fingerprint density at radius 1 is 0.920 bits per heavy atom. The molecule has 2 amide bonds. The van der Waals surface area contributed by atoms with Crippen molar-refractivity contribution in [2.45, 2.75) is 56.6 Å². The normalized spacial score (nSPS) is 16.3. The van der Waals surface area contributed by atoms with Gasteiger partial charge in [0.05, 0.1) is 37.1 Å². The number of aliphatic hydroxyl groups is 5. The van der Waals surface area contributed by atoms with Gasteiger partial charge in [-0.05, 0) is 53.7 Å². The summed E-state index contributed by atoms with van der Waals surface area (Å²) in [5, 5.41) is 54.4. The van der Waals surface area contributed by atoms with Crippen molar-refractivity contribution in [3.63, 3.8) is 0 Å². The number of nitrogens with zero attached hydrogens (tertiary/aromatic N) is 4. The van der Waals surface area contributed by atoms with Crippen LogP contribution in [0.1, 0.15) is 22.5 Å². The molecular formula is C36H46N6O8. The number of rotatable bonds is 19. The average molecular weight is 691 g/mol. The van der Waals surface area contributed by atoms with Crippen LogP contribution in [0.25, 0.3) is 0 Å². The molecule has 50 heavy (non-hydrogen) atoms. The topological polar surface area (TPSA) is 201 Å². The molecule has 0 radical (unpaired) electrons. The summed E-state index contributed by atoms with van der Waals surface area (Å²) >= 11 is 0. The Bertz CT molecular complexity index is 1540. The van der Waals surface area contributed by atoms with Crippen LogP contribution in [0.5, 0.6) is 0 Å². The largest absolute Gasteiger partial charge is 0.394 e. The molecule has 268 valence electrons. The van der Waals surface area contributed by atoms with Gasteiger partial charge in [-0.1, -0.05) is 36.4 Å². The predicted octanol–water partition coefficient (Wildman–Crippen LogP) is 0.113. The van der Waals surface area contributed by atoms with Crippen LogP contribution < -0.4 is 10.6 Å². The molecule has 0 aliphatic carbocycles. The lowest BCUT2D eigenvalue weighted by atomic mass is 10.0. The molecule has 0 bridgehead atoms. The number of hydrogen-bond donors (Lipinski definition) is 7. The second-order valence-corrected chi connectivity index (χ2v) is 12.2. The summed E-state index contributed by atoms with van der Waals surface area (Å²) in [4.78, 5) is 37.7. The van der Waals surface area contributed by atoms with Gasteiger partial charge in [0, 0.05) is 51.3 Å². The van der Waals surface area contributed by atoms with E-state index >= 15 is 0 Å². The smallest absolute Gasteiger partial charge is 0.250 e. The van der Waals surface area contributed by atoms with Crippen molar-refractivity contribution in [1.29, 1.82) is 0 Å². The Morgan fingerprint density at radius 2 is 1.64 bits per heavy atom. The van der Waals surface area contributed by atoms with Gasteiger partial charge in [-0.15, -0.1) is 0 Å². The molecule has 1 aliphatic rings. The fourth-order valence-corrected chi connectivity index (χ4v) is 5.18. The molecule has 2 aromatic heterocycles. The highest BCUT2D eigenvalue weighted by molar-refractivity contribution is 5.91. The number of carbonyl (C=O) groups is 2. The summed E-state index contributed by atoms with van der Waals surface area (Å²) in [5.41, 5.74) is 3.89. The van der Waals surface area contributed by atoms with E-state index in [1.165, 1.54) is 11.9 Å². The lowest BCUT2D eigenvalue weighted by molar-refractivity contribution is -0.137. The number of aromatic nitrogens is 2. The number of amides is 2. The number of anilines is 1. The van der Waals surface area contributed by atoms with E-state index in [4.69, 9.17) is 9.84 Å². The fourth-order valence-electron chi connectivity index (χ4n) is 5.18. The van der Waals surface area contributed by atoms with Crippen LogP contribution in [0.2, 0.25) is 0 Å². The molecule has 5 atom stereocenters. The average Bonchev–Trinajstić information content (AvgIpc) is 3.13. The summed E-state index contributed by atoms with van der Waals surface area (Å²) < 4.78 is 5.62. The van der Waals surface area contributed by atoms with Crippen LogP contribution in [0, 0.1) is 0 Å². The molecular weight excluding hydrogens is 644 g/mol. The van der Waals surface area contributed by atoms with Crippen LogP contribution in [0.15, 0.2) is 91.4 Å². The van der Waals surface area contributed by atoms with Crippen LogP contribution in [0.3, 0.4) is 0 Å². The Labute approximate surface area is 291 Å². The fraction of sp³-hybridized carbons (Fsp3) is 0.389. The van der Waals surface area contributed by atoms with Gasteiger partial charge in [-0.25, -0.2) is 0 Å². The Balaban J connectivity index is 1.18. The number of nitrogens with one attached hydrogen (secondary N) is 2. The van der Waals surface area contributed by atoms with Crippen LogP contribution in [-0.2, 0) is 40.4 Å². The molecule has 0 saturated heterocycles. The third kappa shape index (κ3) is 12.4. The van der Waals surface area contributed by atoms with Gasteiger partial charge in [0.25, 0.3) is 0 Å². The summed E-state index contributed by atoms with van der Waals surface area (Å²) in [7, 11) is 1.43. The first-order valence-corrected chi connectivity index (χ1v) is 16.3. The van der Waals surface area contributed by atoms with Crippen molar-refractivity contribution in [2.24, 2.45) is 0 Å². The van der Waals surface area contributed by atoms with Crippen molar-refractivity contribution in [3.8, 4) is 0 Å². The summed E-state index contributed by atoms with van der Waals surface area (Å²) in [6.07, 6.45) is 4.90. The lowest BCUT2D eigenvalue weighted by Gasteiger charge is -2.28. The minimum absolute atomic E-state index is 0.0137. The first-order valence-electron chi connectivity index (χ1n) is 16.3. The number of pyridine rings is 2. The van der Waals surface area contributed by atoms with E-state index in [1.54, 1.807) is 36.7 Å². The Hall–Kier alpha value is -4.54. The number of benzene rings is 1. The highest BCUT2D eigenvalue weighted by Gasteiger charge is 2.31. The third-order valence-corrected chi connectivity index (χ3v) is 8.01. The van der Waals surface area contributed by atoms with Gasteiger partial charge in [0.15, 0.2) is 0 Å². The van der Waals surface area contributed by atoms with Gasteiger partial charge < -0.3 is 45.8 Å². The Kier molecular flexibility index (Phi) is 15.0. The van der Waals surface area contributed by atoms with Crippen LogP contribution in [0.4, 0.5) is 5.69 Å². The van der Waals surface area contributed by atoms with E-state index in [-0.39, 0.29) is 44.0 Å². The lowest BCUT2D eigenvalue weighted by Crippen LogP contribution is -2.50. The van der Waals surface area contributed by atoms with Gasteiger partial charge in [-0.2, -0.15) is 0 Å². The van der Waals surface area contributed by atoms with Crippen molar-refractivity contribution < 1.29 is 39.9 Å². The molecule has 1 unspecified atom stereocenters. The molecule has 1 aromatic carbocycles. The van der Waals surface area contributed by atoms with E-state index in [9.17, 15) is 30.0 Å². The van der Waals surface area contributed by atoms with Gasteiger partial charge >= 0.3 is 0 Å². The molecule has 14 heteroatoms. The highest BCUT2D eigenvalue weighted by Crippen LogP contribution is 2.14. The molecule has 0 spiro atoms. The van der Waals surface area contributed by atoms with E-state index in [2.05, 4.69) is 31.6 Å². The molecule has 3 aromatic rings. The minimum Gasteiger partial charge on any atom is -0.394 e. The zero-order valence-corrected chi connectivity index (χ0v) is 28.0. The molecule has 14 nitrogen and oxygen atoms in total. The highest BCUT2D eigenvalue weighted by atomic mass is 16.5. The SMILES string of the molecule is CN(C[C@H](O)[C@@H](O)[C@H](O)[C@H](O)CO)C(=O)Cc1ccc(NC(=O)COCc2ccc(CN(Cc3ccccn3)CC3C=CC=CN3)nc2)cc1. The second kappa shape index (κ2) is 19.6. The number of hydrogen-bond acceptors (Lipinski definition) is 12. The van der Waals surface area contributed by atoms with Crippen molar-refractivity contribution in [2.75, 3.05) is 38.7 Å². The molecule has 7 N–H and O–H groups in total. The predicted molar refractivity (Wildman–Crippen MR) is 185 cm³/mol. The number of likely N-dealkylation sites (N-methyl/N-ethyl adjacent to an activating group) is 1. The van der Waals surface area contributed by atoms with Crippen molar-refractivity contribution in [1.82, 2.24) is 25.1 Å². The van der Waals surface area contributed by atoms with E-state index in [0.717, 1.165) is 23.5 Å². The number of aliphatic hydroxyl groups excluding tert-OH is 5. The molecule has 1 aliphatic heterocycles. The van der Waals surface area contributed by atoms with E-state index in [0.29, 0.717) is 24.3 Å². The quantitative estimate of drug-likeness (QED) is 0.0897. The summed E-state index contributed by atoms with van der Waals surface area (Å²) in [6, 6.07) is 16.6. The van der Waals surface area contributed by atoms with Crippen LogP contribution in [-0.4, -0.2) is 121 Å². The maximum atomic E-state index is 12.6. The third-order valence-electron chi connectivity index (χ3n) is 8.01. The second-order valence-electron chi connectivity index (χ2n) is 12.2. The van der Waals surface area contributed by atoms with E-state index in [1.807, 2.05) is 48.7 Å². The Morgan fingerprint density at radius 3 is 2.28 bits per heavy atom. The maximum absolute atomic E-state index is 12.6. The molecule has 0 fully saturated rings. The van der Waals surface area contributed by atoms with Gasteiger partial charge in [-0.3, -0.25) is 24.5 Å². The van der Waals surface area contributed by atoms with Gasteiger partial charge in [0.1, 0.15) is 31.0 Å². The number of carbonyl (C=O) groups excluding carboxylic acids is 2. The first kappa shape index (κ1) is 38.3. The molecule has 0 saturated carbocycles. The number of allylic oxidation sites excluding steroid dienone is 2.